The number of aliphatic hydroxyl groups is 4. The Hall–Kier alpha value is -1.30. The summed E-state index contributed by atoms with van der Waals surface area (Å²) in [6.07, 6.45) is 0. The quantitative estimate of drug-likeness (QED) is 0.221. The Labute approximate surface area is 77.2 Å². The minimum atomic E-state index is -4.15. The summed E-state index contributed by atoms with van der Waals surface area (Å²) in [5.74, 6) is -13.3. The fraction of sp³-hybridized carbons (Fsp3) is 0.500. The van der Waals surface area contributed by atoms with Crippen LogP contribution in [-0.2, 0) is 9.59 Å². The van der Waals surface area contributed by atoms with Gasteiger partial charge in [-0.2, -0.15) is 0 Å². The smallest absolute Gasteiger partial charge is 0.370 e. The van der Waals surface area contributed by atoms with Crippen LogP contribution >= 0.6 is 0 Å². The number of hydrogen-bond acceptors (Lipinski definition) is 8. The third-order valence-corrected chi connectivity index (χ3v) is 1.08. The van der Waals surface area contributed by atoms with Crippen molar-refractivity contribution in [1.29, 1.82) is 0 Å². The maximum absolute atomic E-state index is 9.89. The summed E-state index contributed by atoms with van der Waals surface area (Å²) in [7, 11) is 0. The number of carboxylic acids is 2. The third-order valence-electron chi connectivity index (χ3n) is 1.08. The molecule has 0 aromatic heterocycles. The predicted octanol–water partition coefficient (Wildman–Crippen LogP) is -3.16. The van der Waals surface area contributed by atoms with Crippen molar-refractivity contribution in [2.45, 2.75) is 11.6 Å². The second-order valence-electron chi connectivity index (χ2n) is 1.95. The number of aliphatic carboxylic acids is 2. The molecule has 0 aromatic rings. The average molecular weight is 216 g/mol. The molecule has 0 aliphatic carbocycles. The van der Waals surface area contributed by atoms with Crippen molar-refractivity contribution in [2.24, 2.45) is 0 Å². The van der Waals surface area contributed by atoms with E-state index in [0.29, 0.717) is 0 Å². The van der Waals surface area contributed by atoms with Gasteiger partial charge in [0.15, 0.2) is 0 Å². The highest BCUT2D eigenvalue weighted by Gasteiger charge is 2.60. The molecule has 0 aromatic carbocycles. The lowest BCUT2D eigenvalue weighted by Crippen LogP contribution is -2.63. The van der Waals surface area contributed by atoms with Crippen molar-refractivity contribution in [3.05, 3.63) is 0 Å². The molecule has 14 heavy (non-hydrogen) atoms. The summed E-state index contributed by atoms with van der Waals surface area (Å²) in [4.78, 5) is 19.8. The fourth-order valence-electron chi connectivity index (χ4n) is 0.298. The van der Waals surface area contributed by atoms with Crippen molar-refractivity contribution in [3.8, 4) is 0 Å². The normalized spacial score (nSPS) is 10.9. The molecule has 0 heterocycles. The molecule has 12 N–H and O–H groups in total. The number of carbonyl (C=O) groups is 2. The van der Waals surface area contributed by atoms with Gasteiger partial charge >= 0.3 is 23.5 Å². The monoisotopic (exact) mass is 216 g/mol. The molecule has 0 saturated heterocycles. The van der Waals surface area contributed by atoms with E-state index in [1.807, 2.05) is 0 Å². The van der Waals surface area contributed by atoms with Crippen LogP contribution in [0.4, 0.5) is 0 Å². The molecule has 0 fully saturated rings. The van der Waals surface area contributed by atoms with E-state index in [-0.39, 0.29) is 12.3 Å². The lowest BCUT2D eigenvalue weighted by atomic mass is 10.1. The summed E-state index contributed by atoms with van der Waals surface area (Å²) < 4.78 is 0. The van der Waals surface area contributed by atoms with Crippen LogP contribution < -0.4 is 12.3 Å². The van der Waals surface area contributed by atoms with Crippen molar-refractivity contribution < 1.29 is 40.2 Å². The summed E-state index contributed by atoms with van der Waals surface area (Å²) in [5.41, 5.74) is 0. The fourth-order valence-corrected chi connectivity index (χ4v) is 0.298. The molecule has 0 amide bonds. The molecular formula is C4H12N2O8. The van der Waals surface area contributed by atoms with Gasteiger partial charge in [-0.05, 0) is 0 Å². The van der Waals surface area contributed by atoms with Crippen molar-refractivity contribution in [3.63, 3.8) is 0 Å². The van der Waals surface area contributed by atoms with E-state index in [4.69, 9.17) is 30.6 Å². The van der Waals surface area contributed by atoms with Crippen molar-refractivity contribution in [2.75, 3.05) is 0 Å². The van der Waals surface area contributed by atoms with Crippen LogP contribution in [0.3, 0.4) is 0 Å². The first-order valence-electron chi connectivity index (χ1n) is 2.50. The average Bonchev–Trinajstić information content (AvgIpc) is 1.86. The van der Waals surface area contributed by atoms with Crippen LogP contribution in [0.25, 0.3) is 0 Å². The van der Waals surface area contributed by atoms with Gasteiger partial charge < -0.3 is 42.9 Å². The van der Waals surface area contributed by atoms with Gasteiger partial charge in [-0.25, -0.2) is 9.59 Å². The molecule has 10 nitrogen and oxygen atoms in total. The molecule has 0 atom stereocenters. The SMILES string of the molecule is N.N.O=C(O)C(O)(O)C(O)(O)C(=O)O. The molecule has 0 spiro atoms. The minimum Gasteiger partial charge on any atom is -0.477 e. The molecule has 0 aliphatic rings. The Balaban J connectivity index is -0.000000605. The first kappa shape index (κ1) is 18.5. The second-order valence-corrected chi connectivity index (χ2v) is 1.95. The molecule has 0 radical (unpaired) electrons. The van der Waals surface area contributed by atoms with Crippen LogP contribution in [0, 0.1) is 0 Å². The molecule has 10 heteroatoms. The summed E-state index contributed by atoms with van der Waals surface area (Å²) >= 11 is 0. The van der Waals surface area contributed by atoms with E-state index in [1.54, 1.807) is 0 Å². The zero-order chi connectivity index (χ0) is 10.2. The van der Waals surface area contributed by atoms with Gasteiger partial charge in [0, 0.05) is 0 Å². The van der Waals surface area contributed by atoms with Gasteiger partial charge in [-0.1, -0.05) is 0 Å². The topological polar surface area (TPSA) is 226 Å². The number of hydrogen-bond donors (Lipinski definition) is 8. The Kier molecular flexibility index (Phi) is 6.34. The number of rotatable bonds is 3. The minimum absolute atomic E-state index is 0. The molecule has 86 valence electrons. The number of carboxylic acid groups (broad SMARTS) is 2. The molecular weight excluding hydrogens is 204 g/mol. The zero-order valence-electron chi connectivity index (χ0n) is 6.91. The zero-order valence-corrected chi connectivity index (χ0v) is 6.91. The van der Waals surface area contributed by atoms with E-state index >= 15 is 0 Å². The van der Waals surface area contributed by atoms with Gasteiger partial charge in [0.25, 0.3) is 0 Å². The summed E-state index contributed by atoms with van der Waals surface area (Å²) in [6.45, 7) is 0. The van der Waals surface area contributed by atoms with E-state index in [0.717, 1.165) is 0 Å². The van der Waals surface area contributed by atoms with Gasteiger partial charge in [0.2, 0.25) is 0 Å². The maximum atomic E-state index is 9.89. The van der Waals surface area contributed by atoms with Crippen molar-refractivity contribution in [1.82, 2.24) is 12.3 Å². The Morgan fingerprint density at radius 3 is 0.929 bits per heavy atom. The summed E-state index contributed by atoms with van der Waals surface area (Å²) in [6, 6.07) is 0. The largest absolute Gasteiger partial charge is 0.477 e. The van der Waals surface area contributed by atoms with Crippen LogP contribution in [0.15, 0.2) is 0 Å². The highest BCUT2D eigenvalue weighted by Crippen LogP contribution is 2.17. The predicted molar refractivity (Wildman–Crippen MR) is 39.7 cm³/mol. The van der Waals surface area contributed by atoms with E-state index in [1.165, 1.54) is 0 Å². The van der Waals surface area contributed by atoms with Crippen molar-refractivity contribution >= 4 is 11.9 Å². The van der Waals surface area contributed by atoms with Gasteiger partial charge in [0.05, 0.1) is 0 Å². The molecule has 0 unspecified atom stereocenters. The second kappa shape index (κ2) is 4.80. The third kappa shape index (κ3) is 2.59. The molecule has 0 rings (SSSR count). The van der Waals surface area contributed by atoms with E-state index < -0.39 is 23.5 Å². The van der Waals surface area contributed by atoms with Crippen LogP contribution in [0.2, 0.25) is 0 Å². The highest BCUT2D eigenvalue weighted by molar-refractivity contribution is 5.87. The first-order chi connectivity index (χ1) is 5.14. The Morgan fingerprint density at radius 2 is 0.857 bits per heavy atom. The molecule has 0 saturated carbocycles. The van der Waals surface area contributed by atoms with Gasteiger partial charge in [-0.3, -0.25) is 0 Å². The molecule has 0 aliphatic heterocycles. The Morgan fingerprint density at radius 1 is 0.714 bits per heavy atom. The van der Waals surface area contributed by atoms with Gasteiger partial charge in [-0.15, -0.1) is 0 Å². The van der Waals surface area contributed by atoms with Crippen LogP contribution in [0.5, 0.6) is 0 Å². The maximum Gasteiger partial charge on any atom is 0.370 e. The molecule has 0 bridgehead atoms. The lowest BCUT2D eigenvalue weighted by Gasteiger charge is -2.26. The van der Waals surface area contributed by atoms with Crippen LogP contribution in [0.1, 0.15) is 0 Å². The first-order valence-corrected chi connectivity index (χ1v) is 2.50. The standard InChI is InChI=1S/C4H6O8.2H3N/c5-1(6)3(9,10)4(11,12)2(7)8;;/h9-12H,(H,5,6)(H,7,8);2*1H3. The Bertz CT molecular complexity index is 199. The summed E-state index contributed by atoms with van der Waals surface area (Å²) in [5, 5.41) is 49.3. The van der Waals surface area contributed by atoms with E-state index in [9.17, 15) is 9.59 Å². The van der Waals surface area contributed by atoms with Crippen LogP contribution in [-0.4, -0.2) is 54.2 Å². The lowest BCUT2D eigenvalue weighted by molar-refractivity contribution is -0.333. The van der Waals surface area contributed by atoms with E-state index in [2.05, 4.69) is 0 Å². The van der Waals surface area contributed by atoms with Gasteiger partial charge in [0.1, 0.15) is 0 Å². The highest BCUT2D eigenvalue weighted by atomic mass is 16.6.